The maximum atomic E-state index is 9.06. The molecule has 3 nitrogen and oxygen atoms in total. The van der Waals surface area contributed by atoms with Gasteiger partial charge in [0.05, 0.1) is 22.2 Å². The molecule has 2 aromatic rings. The average molecular weight is 241 g/mol. The van der Waals surface area contributed by atoms with E-state index in [2.05, 4.69) is 16.0 Å². The van der Waals surface area contributed by atoms with Crippen molar-refractivity contribution in [1.82, 2.24) is 9.97 Å². The Balaban J connectivity index is 1.82. The van der Waals surface area contributed by atoms with Crippen molar-refractivity contribution in [3.63, 3.8) is 0 Å². The topological polar surface area (TPSA) is 49.6 Å². The normalized spacial score (nSPS) is 16.4. The van der Waals surface area contributed by atoms with Crippen LogP contribution < -0.4 is 0 Å². The van der Waals surface area contributed by atoms with E-state index in [0.717, 1.165) is 35.5 Å². The smallest absolute Gasteiger partial charge is 0.0948 e. The Morgan fingerprint density at radius 2 is 2.35 bits per heavy atom. The summed E-state index contributed by atoms with van der Waals surface area (Å²) in [4.78, 5) is 8.67. The minimum absolute atomic E-state index is 0.107. The number of pyridine rings is 1. The van der Waals surface area contributed by atoms with Crippen LogP contribution in [0.4, 0.5) is 0 Å². The summed E-state index contributed by atoms with van der Waals surface area (Å²) in [6.45, 7) is 0. The summed E-state index contributed by atoms with van der Waals surface area (Å²) >= 11 is 1.64. The largest absolute Gasteiger partial charge is 0.264 e. The highest BCUT2D eigenvalue weighted by atomic mass is 32.1. The van der Waals surface area contributed by atoms with E-state index in [1.807, 2.05) is 23.7 Å². The monoisotopic (exact) mass is 241 g/mol. The third-order valence-corrected chi connectivity index (χ3v) is 3.94. The SMILES string of the molecule is N#CC1(Cc2nc(-c3cccnc3)cs2)CC1. The van der Waals surface area contributed by atoms with Crippen LogP contribution >= 0.6 is 11.3 Å². The van der Waals surface area contributed by atoms with Crippen molar-refractivity contribution in [1.29, 1.82) is 5.26 Å². The highest BCUT2D eigenvalue weighted by Crippen LogP contribution is 2.48. The summed E-state index contributed by atoms with van der Waals surface area (Å²) in [6, 6.07) is 6.32. The molecule has 0 aromatic carbocycles. The molecule has 0 radical (unpaired) electrons. The molecular weight excluding hydrogens is 230 g/mol. The van der Waals surface area contributed by atoms with Crippen LogP contribution in [-0.2, 0) is 6.42 Å². The van der Waals surface area contributed by atoms with E-state index in [0.29, 0.717) is 0 Å². The van der Waals surface area contributed by atoms with Crippen molar-refractivity contribution >= 4 is 11.3 Å². The Morgan fingerprint density at radius 3 is 3.00 bits per heavy atom. The minimum Gasteiger partial charge on any atom is -0.264 e. The molecule has 0 bridgehead atoms. The lowest BCUT2D eigenvalue weighted by molar-refractivity contribution is 0.662. The van der Waals surface area contributed by atoms with Crippen LogP contribution in [0.25, 0.3) is 11.3 Å². The van der Waals surface area contributed by atoms with Crippen LogP contribution in [0.2, 0.25) is 0 Å². The van der Waals surface area contributed by atoms with Crippen LogP contribution in [0, 0.1) is 16.7 Å². The first-order valence-corrected chi connectivity index (χ1v) is 6.45. The molecule has 4 heteroatoms. The van der Waals surface area contributed by atoms with Crippen LogP contribution in [0.15, 0.2) is 29.9 Å². The number of hydrogen-bond acceptors (Lipinski definition) is 4. The molecule has 2 aromatic heterocycles. The van der Waals surface area contributed by atoms with Gasteiger partial charge in [0.2, 0.25) is 0 Å². The average Bonchev–Trinajstić information content (AvgIpc) is 3.00. The highest BCUT2D eigenvalue weighted by molar-refractivity contribution is 7.09. The lowest BCUT2D eigenvalue weighted by atomic mass is 10.1. The number of nitriles is 1. The van der Waals surface area contributed by atoms with Gasteiger partial charge in [-0.1, -0.05) is 0 Å². The number of nitrogens with zero attached hydrogens (tertiary/aromatic N) is 3. The third kappa shape index (κ3) is 2.06. The van der Waals surface area contributed by atoms with E-state index in [9.17, 15) is 0 Å². The van der Waals surface area contributed by atoms with E-state index >= 15 is 0 Å². The first-order chi connectivity index (χ1) is 8.31. The van der Waals surface area contributed by atoms with Gasteiger partial charge in [0, 0.05) is 29.8 Å². The second-order valence-corrected chi connectivity index (χ2v) is 5.38. The summed E-state index contributed by atoms with van der Waals surface area (Å²) in [6.07, 6.45) is 6.41. The van der Waals surface area contributed by atoms with Crippen molar-refractivity contribution in [2.45, 2.75) is 19.3 Å². The Labute approximate surface area is 104 Å². The van der Waals surface area contributed by atoms with E-state index in [1.165, 1.54) is 0 Å². The molecule has 0 N–H and O–H groups in total. The lowest BCUT2D eigenvalue weighted by Gasteiger charge is -2.00. The number of hydrogen-bond donors (Lipinski definition) is 0. The fraction of sp³-hybridized carbons (Fsp3) is 0.308. The molecule has 2 heterocycles. The number of aromatic nitrogens is 2. The van der Waals surface area contributed by atoms with Crippen molar-refractivity contribution < 1.29 is 0 Å². The van der Waals surface area contributed by atoms with E-state index in [4.69, 9.17) is 5.26 Å². The molecule has 1 fully saturated rings. The highest BCUT2D eigenvalue weighted by Gasteiger charge is 2.43. The molecule has 0 amide bonds. The molecule has 3 rings (SSSR count). The van der Waals surface area contributed by atoms with E-state index < -0.39 is 0 Å². The molecule has 1 aliphatic rings. The Kier molecular flexibility index (Phi) is 2.41. The van der Waals surface area contributed by atoms with Crippen LogP contribution in [0.5, 0.6) is 0 Å². The maximum absolute atomic E-state index is 9.06. The van der Waals surface area contributed by atoms with Crippen LogP contribution in [0.1, 0.15) is 17.8 Å². The van der Waals surface area contributed by atoms with Gasteiger partial charge in [-0.2, -0.15) is 5.26 Å². The molecule has 0 atom stereocenters. The minimum atomic E-state index is -0.107. The molecule has 0 saturated heterocycles. The van der Waals surface area contributed by atoms with Gasteiger partial charge in [-0.25, -0.2) is 4.98 Å². The van der Waals surface area contributed by atoms with Gasteiger partial charge in [0.1, 0.15) is 0 Å². The van der Waals surface area contributed by atoms with Crippen LogP contribution in [0.3, 0.4) is 0 Å². The zero-order valence-electron chi connectivity index (χ0n) is 9.26. The van der Waals surface area contributed by atoms with Gasteiger partial charge >= 0.3 is 0 Å². The third-order valence-electron chi connectivity index (χ3n) is 3.09. The molecule has 0 spiro atoms. The zero-order valence-corrected chi connectivity index (χ0v) is 10.1. The fourth-order valence-corrected chi connectivity index (χ4v) is 2.75. The van der Waals surface area contributed by atoms with Gasteiger partial charge in [-0.05, 0) is 25.0 Å². The molecule has 84 valence electrons. The molecule has 17 heavy (non-hydrogen) atoms. The lowest BCUT2D eigenvalue weighted by Crippen LogP contribution is -2.00. The summed E-state index contributed by atoms with van der Waals surface area (Å²) < 4.78 is 0. The number of rotatable bonds is 3. The summed E-state index contributed by atoms with van der Waals surface area (Å²) in [7, 11) is 0. The second kappa shape index (κ2) is 3.94. The second-order valence-electron chi connectivity index (χ2n) is 4.44. The van der Waals surface area contributed by atoms with Gasteiger partial charge in [0.25, 0.3) is 0 Å². The summed E-state index contributed by atoms with van der Waals surface area (Å²) in [5, 5.41) is 12.2. The first-order valence-electron chi connectivity index (χ1n) is 5.57. The van der Waals surface area contributed by atoms with Crippen molar-refractivity contribution in [3.8, 4) is 17.3 Å². The summed E-state index contributed by atoms with van der Waals surface area (Å²) in [5.41, 5.74) is 1.90. The van der Waals surface area contributed by atoms with Crippen molar-refractivity contribution in [2.75, 3.05) is 0 Å². The summed E-state index contributed by atoms with van der Waals surface area (Å²) in [5.74, 6) is 0. The Morgan fingerprint density at radius 1 is 1.47 bits per heavy atom. The Bertz CT molecular complexity index is 564. The van der Waals surface area contributed by atoms with E-state index in [-0.39, 0.29) is 5.41 Å². The van der Waals surface area contributed by atoms with Crippen molar-refractivity contribution in [2.24, 2.45) is 5.41 Å². The molecule has 0 aliphatic heterocycles. The van der Waals surface area contributed by atoms with Gasteiger partial charge in [-0.3, -0.25) is 4.98 Å². The van der Waals surface area contributed by atoms with Gasteiger partial charge in [0.15, 0.2) is 0 Å². The number of thiazole rings is 1. The fourth-order valence-electron chi connectivity index (χ4n) is 1.81. The quantitative estimate of drug-likeness (QED) is 0.829. The van der Waals surface area contributed by atoms with E-state index in [1.54, 1.807) is 17.5 Å². The predicted octanol–water partition coefficient (Wildman–Crippen LogP) is 3.05. The Hall–Kier alpha value is -1.73. The first kappa shape index (κ1) is 10.4. The molecular formula is C13H11N3S. The maximum Gasteiger partial charge on any atom is 0.0948 e. The van der Waals surface area contributed by atoms with Gasteiger partial charge in [-0.15, -0.1) is 11.3 Å². The molecule has 0 unspecified atom stereocenters. The van der Waals surface area contributed by atoms with Crippen molar-refractivity contribution in [3.05, 3.63) is 34.9 Å². The zero-order chi connectivity index (χ0) is 11.7. The van der Waals surface area contributed by atoms with Crippen LogP contribution in [-0.4, -0.2) is 9.97 Å². The standard InChI is InChI=1S/C13H11N3S/c14-9-13(3-4-13)6-12-16-11(8-17-12)10-2-1-5-15-7-10/h1-2,5,7-8H,3-4,6H2. The molecule has 1 saturated carbocycles. The predicted molar refractivity (Wildman–Crippen MR) is 66.3 cm³/mol. The molecule has 1 aliphatic carbocycles. The van der Waals surface area contributed by atoms with Gasteiger partial charge < -0.3 is 0 Å².